The lowest BCUT2D eigenvalue weighted by molar-refractivity contribution is 0.658. The Balaban J connectivity index is 1.01. The summed E-state index contributed by atoms with van der Waals surface area (Å²) in [7, 11) is 0. The van der Waals surface area contributed by atoms with Crippen molar-refractivity contribution in [3.05, 3.63) is 206 Å². The van der Waals surface area contributed by atoms with Gasteiger partial charge in [-0.2, -0.15) is 0 Å². The second kappa shape index (κ2) is 13.1. The Bertz CT molecular complexity index is 4070. The van der Waals surface area contributed by atoms with Crippen molar-refractivity contribution < 1.29 is 13.3 Å². The molecule has 63 heavy (non-hydrogen) atoms. The lowest BCUT2D eigenvalue weighted by atomic mass is 9.84. The van der Waals surface area contributed by atoms with Gasteiger partial charge in [-0.15, -0.1) is 0 Å². The predicted octanol–water partition coefficient (Wildman–Crippen LogP) is 17.5. The molecule has 14 aromatic rings. The Hall–Kier alpha value is -8.40. The lowest BCUT2D eigenvalue weighted by Crippen LogP contribution is -1.92. The highest BCUT2D eigenvalue weighted by molar-refractivity contribution is 6.25. The fourth-order valence-corrected chi connectivity index (χ4v) is 10.5. The van der Waals surface area contributed by atoms with E-state index >= 15 is 0 Å². The third-order valence-electron chi connectivity index (χ3n) is 13.2. The van der Waals surface area contributed by atoms with Gasteiger partial charge in [-0.3, -0.25) is 0 Å². The Morgan fingerprint density at radius 1 is 0.206 bits per heavy atom. The molecule has 292 valence electrons. The van der Waals surface area contributed by atoms with Gasteiger partial charge in [0, 0.05) is 37.9 Å². The Morgan fingerprint density at radius 2 is 0.540 bits per heavy atom. The van der Waals surface area contributed by atoms with Crippen LogP contribution >= 0.6 is 0 Å². The largest absolute Gasteiger partial charge is 0.455 e. The van der Waals surface area contributed by atoms with Gasteiger partial charge in [0.1, 0.15) is 33.5 Å². The smallest absolute Gasteiger partial charge is 0.147 e. The molecule has 0 N–H and O–H groups in total. The van der Waals surface area contributed by atoms with E-state index in [4.69, 9.17) is 13.3 Å². The van der Waals surface area contributed by atoms with Crippen LogP contribution in [0, 0.1) is 0 Å². The van der Waals surface area contributed by atoms with Crippen molar-refractivity contribution >= 4 is 98.1 Å². The van der Waals surface area contributed by atoms with Crippen LogP contribution in [0.5, 0.6) is 0 Å². The normalized spacial score (nSPS) is 12.1. The zero-order valence-corrected chi connectivity index (χ0v) is 33.9. The summed E-state index contributed by atoms with van der Waals surface area (Å²) in [4.78, 5) is 0. The topological polar surface area (TPSA) is 39.4 Å². The van der Waals surface area contributed by atoms with Crippen molar-refractivity contribution in [2.75, 3.05) is 0 Å². The molecule has 3 heteroatoms. The molecule has 0 atom stereocenters. The van der Waals surface area contributed by atoms with Gasteiger partial charge < -0.3 is 13.3 Å². The fraction of sp³-hybridized carbons (Fsp3) is 0. The SMILES string of the molecule is c1cc(-c2c3ccccc3c(-c3cccc(-c4c5oc6ccccc6c5cc5c4oc4ccccc45)c3)c3ccccc23)cc(-c2c3ccccc3cc3c2oc2ccccc23)c1. The standard InChI is InChI=1S/C60H34O3/c1-2-20-40-35(15-1)33-48-41-21-7-10-28-51(41)61-58(48)56(40)38-18-13-16-36(31-38)54-44-24-3-5-26-46(44)55(47-27-6-4-25-45(47)54)37-17-14-19-39(32-37)57-59-49(42-22-8-11-29-52(42)62-59)34-50-43-23-9-12-30-53(43)63-60(50)57/h1-34H. The molecular weight excluding hydrogens is 769 g/mol. The van der Waals surface area contributed by atoms with Crippen LogP contribution in [0.2, 0.25) is 0 Å². The Kier molecular flexibility index (Phi) is 7.11. The number of hydrogen-bond donors (Lipinski definition) is 0. The number of hydrogen-bond acceptors (Lipinski definition) is 3. The zero-order chi connectivity index (χ0) is 41.2. The van der Waals surface area contributed by atoms with Gasteiger partial charge >= 0.3 is 0 Å². The molecular formula is C60H34O3. The number of fused-ring (bicyclic) bond motifs is 12. The van der Waals surface area contributed by atoms with Crippen molar-refractivity contribution in [3.63, 3.8) is 0 Å². The summed E-state index contributed by atoms with van der Waals surface area (Å²) in [6, 6.07) is 73.8. The van der Waals surface area contributed by atoms with E-state index in [-0.39, 0.29) is 0 Å². The number of para-hydroxylation sites is 3. The van der Waals surface area contributed by atoms with Crippen molar-refractivity contribution in [1.29, 1.82) is 0 Å². The van der Waals surface area contributed by atoms with Crippen LogP contribution in [0.15, 0.2) is 220 Å². The average Bonchev–Trinajstić information content (AvgIpc) is 4.03. The molecule has 3 nitrogen and oxygen atoms in total. The second-order valence-corrected chi connectivity index (χ2v) is 16.7. The first-order valence-corrected chi connectivity index (χ1v) is 21.5. The summed E-state index contributed by atoms with van der Waals surface area (Å²) in [5, 5.41) is 13.7. The molecule has 0 saturated heterocycles. The molecule has 0 aliphatic carbocycles. The van der Waals surface area contributed by atoms with E-state index in [0.29, 0.717) is 0 Å². The number of rotatable bonds is 4. The van der Waals surface area contributed by atoms with E-state index < -0.39 is 0 Å². The molecule has 0 fully saturated rings. The van der Waals surface area contributed by atoms with Crippen LogP contribution < -0.4 is 0 Å². The summed E-state index contributed by atoms with van der Waals surface area (Å²) in [6.07, 6.45) is 0. The maximum Gasteiger partial charge on any atom is 0.147 e. The average molecular weight is 803 g/mol. The molecule has 0 radical (unpaired) electrons. The highest BCUT2D eigenvalue weighted by atomic mass is 16.3. The van der Waals surface area contributed by atoms with Crippen molar-refractivity contribution in [1.82, 2.24) is 0 Å². The van der Waals surface area contributed by atoms with Crippen molar-refractivity contribution in [2.45, 2.75) is 0 Å². The quantitative estimate of drug-likeness (QED) is 0.166. The highest BCUT2D eigenvalue weighted by Gasteiger charge is 2.23. The minimum Gasteiger partial charge on any atom is -0.455 e. The van der Waals surface area contributed by atoms with E-state index in [1.165, 1.54) is 43.4 Å². The number of furan rings is 3. The van der Waals surface area contributed by atoms with Gasteiger partial charge in [-0.25, -0.2) is 0 Å². The van der Waals surface area contributed by atoms with Gasteiger partial charge in [0.15, 0.2) is 0 Å². The van der Waals surface area contributed by atoms with Gasteiger partial charge in [0.2, 0.25) is 0 Å². The predicted molar refractivity (Wildman–Crippen MR) is 263 cm³/mol. The summed E-state index contributed by atoms with van der Waals surface area (Å²) >= 11 is 0. The van der Waals surface area contributed by atoms with Crippen LogP contribution in [0.1, 0.15) is 0 Å². The summed E-state index contributed by atoms with van der Waals surface area (Å²) in [5.74, 6) is 0. The molecule has 3 heterocycles. The molecule has 14 rings (SSSR count). The molecule has 11 aromatic carbocycles. The molecule has 0 amide bonds. The second-order valence-electron chi connectivity index (χ2n) is 16.7. The first-order chi connectivity index (χ1) is 31.2. The van der Waals surface area contributed by atoms with Crippen LogP contribution in [0.3, 0.4) is 0 Å². The molecule has 0 spiro atoms. The first kappa shape index (κ1) is 34.3. The van der Waals surface area contributed by atoms with Crippen molar-refractivity contribution in [3.8, 4) is 44.5 Å². The van der Waals surface area contributed by atoms with E-state index in [1.807, 2.05) is 30.3 Å². The molecule has 0 saturated carbocycles. The lowest BCUT2D eigenvalue weighted by Gasteiger charge is -2.19. The Labute approximate surface area is 360 Å². The van der Waals surface area contributed by atoms with Crippen LogP contribution in [0.4, 0.5) is 0 Å². The molecule has 3 aromatic heterocycles. The minimum absolute atomic E-state index is 0.830. The maximum absolute atomic E-state index is 6.73. The van der Waals surface area contributed by atoms with Crippen molar-refractivity contribution in [2.24, 2.45) is 0 Å². The molecule has 0 aliphatic rings. The Morgan fingerprint density at radius 3 is 1.00 bits per heavy atom. The third-order valence-corrected chi connectivity index (χ3v) is 13.2. The zero-order valence-electron chi connectivity index (χ0n) is 33.9. The van der Waals surface area contributed by atoms with E-state index in [1.54, 1.807) is 0 Å². The van der Waals surface area contributed by atoms with Crippen LogP contribution in [0.25, 0.3) is 143 Å². The maximum atomic E-state index is 6.73. The van der Waals surface area contributed by atoms with Gasteiger partial charge in [0.25, 0.3) is 0 Å². The van der Waals surface area contributed by atoms with E-state index in [2.05, 4.69) is 176 Å². The molecule has 0 aliphatic heterocycles. The van der Waals surface area contributed by atoms with Crippen LogP contribution in [-0.4, -0.2) is 0 Å². The monoisotopic (exact) mass is 802 g/mol. The van der Waals surface area contributed by atoms with Crippen LogP contribution in [-0.2, 0) is 0 Å². The first-order valence-electron chi connectivity index (χ1n) is 21.5. The fourth-order valence-electron chi connectivity index (χ4n) is 10.5. The number of benzene rings is 11. The summed E-state index contributed by atoms with van der Waals surface area (Å²) in [6.45, 7) is 0. The van der Waals surface area contributed by atoms with Gasteiger partial charge in [-0.1, -0.05) is 164 Å². The van der Waals surface area contributed by atoms with Gasteiger partial charge in [-0.05, 0) is 108 Å². The van der Waals surface area contributed by atoms with Gasteiger partial charge in [0.05, 0.1) is 5.56 Å². The van der Waals surface area contributed by atoms with E-state index in [0.717, 1.165) is 99.2 Å². The summed E-state index contributed by atoms with van der Waals surface area (Å²) in [5.41, 5.74) is 14.1. The minimum atomic E-state index is 0.830. The molecule has 0 bridgehead atoms. The highest BCUT2D eigenvalue weighted by Crippen LogP contribution is 2.49. The third kappa shape index (κ3) is 4.96. The van der Waals surface area contributed by atoms with E-state index in [9.17, 15) is 0 Å². The summed E-state index contributed by atoms with van der Waals surface area (Å²) < 4.78 is 20.2. The molecule has 0 unspecified atom stereocenters.